The van der Waals surface area contributed by atoms with Crippen LogP contribution in [0.3, 0.4) is 0 Å². The fourth-order valence-electron chi connectivity index (χ4n) is 4.07. The summed E-state index contributed by atoms with van der Waals surface area (Å²) in [5.41, 5.74) is 4.09. The van der Waals surface area contributed by atoms with E-state index in [-0.39, 0.29) is 24.4 Å². The molecule has 0 fully saturated rings. The number of H-pyrrole nitrogens is 1. The number of nitrogens with one attached hydrogen (secondary N) is 1. The highest BCUT2D eigenvalue weighted by atomic mass is 35.5. The molecule has 1 amide bonds. The molecule has 164 valence electrons. The summed E-state index contributed by atoms with van der Waals surface area (Å²) in [6.07, 6.45) is 1.04. The molecule has 0 saturated heterocycles. The summed E-state index contributed by atoms with van der Waals surface area (Å²) in [7, 11) is 0. The van der Waals surface area contributed by atoms with Crippen LogP contribution in [0.5, 0.6) is 0 Å². The van der Waals surface area contributed by atoms with Crippen LogP contribution in [0.15, 0.2) is 47.3 Å². The number of halogens is 1. The molecule has 0 aliphatic heterocycles. The molecule has 6 nitrogen and oxygen atoms in total. The fraction of sp³-hybridized carbons (Fsp3) is 0.280. The van der Waals surface area contributed by atoms with Crippen molar-refractivity contribution in [2.45, 2.75) is 40.2 Å². The van der Waals surface area contributed by atoms with Gasteiger partial charge in [-0.15, -0.1) is 0 Å². The van der Waals surface area contributed by atoms with Gasteiger partial charge in [-0.1, -0.05) is 36.7 Å². The molecule has 7 heteroatoms. The van der Waals surface area contributed by atoms with Crippen LogP contribution >= 0.6 is 11.6 Å². The highest BCUT2D eigenvalue weighted by Crippen LogP contribution is 2.23. The molecule has 4 aromatic rings. The Hall–Kier alpha value is -3.25. The molecular formula is C25H25ClN4O2. The summed E-state index contributed by atoms with van der Waals surface area (Å²) in [4.78, 5) is 39.6. The molecule has 0 spiro atoms. The molecule has 0 aliphatic carbocycles. The highest BCUT2D eigenvalue weighted by Gasteiger charge is 2.19. The van der Waals surface area contributed by atoms with Gasteiger partial charge in [-0.05, 0) is 55.7 Å². The maximum absolute atomic E-state index is 13.3. The third kappa shape index (κ3) is 4.36. The first-order chi connectivity index (χ1) is 15.4. The number of aromatic nitrogens is 3. The number of pyridine rings is 1. The first-order valence-corrected chi connectivity index (χ1v) is 11.1. The van der Waals surface area contributed by atoms with Gasteiger partial charge in [0.05, 0.1) is 29.4 Å². The number of benzene rings is 2. The second kappa shape index (κ2) is 9.09. The van der Waals surface area contributed by atoms with Crippen molar-refractivity contribution in [2.75, 3.05) is 6.54 Å². The average molecular weight is 449 g/mol. The monoisotopic (exact) mass is 448 g/mol. The number of para-hydroxylation sites is 1. The zero-order valence-corrected chi connectivity index (χ0v) is 19.2. The third-order valence-electron chi connectivity index (χ3n) is 5.72. The van der Waals surface area contributed by atoms with Gasteiger partial charge in [-0.25, -0.2) is 4.98 Å². The molecule has 2 aromatic heterocycles. The van der Waals surface area contributed by atoms with Crippen molar-refractivity contribution in [3.05, 3.63) is 80.5 Å². The fourth-order valence-corrected chi connectivity index (χ4v) is 4.24. The SMILES string of the molecule is CCCN(Cc1nc2cc(Cl)ccc2c(=O)[nH]1)C(=O)Cc1c(C)nc2ccccc2c1C. The van der Waals surface area contributed by atoms with Crippen molar-refractivity contribution >= 4 is 39.3 Å². The number of nitrogens with zero attached hydrogens (tertiary/aromatic N) is 3. The Morgan fingerprint density at radius 2 is 1.84 bits per heavy atom. The van der Waals surface area contributed by atoms with E-state index in [9.17, 15) is 9.59 Å². The average Bonchev–Trinajstić information content (AvgIpc) is 2.76. The van der Waals surface area contributed by atoms with E-state index in [1.165, 1.54) is 0 Å². The Bertz CT molecular complexity index is 1380. The van der Waals surface area contributed by atoms with Crippen molar-refractivity contribution in [2.24, 2.45) is 0 Å². The van der Waals surface area contributed by atoms with Gasteiger partial charge in [-0.2, -0.15) is 0 Å². The molecule has 32 heavy (non-hydrogen) atoms. The zero-order valence-electron chi connectivity index (χ0n) is 18.4. The number of hydrogen-bond donors (Lipinski definition) is 1. The predicted octanol–water partition coefficient (Wildman–Crippen LogP) is 4.72. The van der Waals surface area contributed by atoms with Crippen LogP contribution in [0.1, 0.15) is 36.0 Å². The number of aryl methyl sites for hydroxylation is 2. The van der Waals surface area contributed by atoms with Gasteiger partial charge in [0, 0.05) is 22.6 Å². The summed E-state index contributed by atoms with van der Waals surface area (Å²) in [5.74, 6) is 0.417. The van der Waals surface area contributed by atoms with Crippen molar-refractivity contribution < 1.29 is 4.79 Å². The van der Waals surface area contributed by atoms with Gasteiger partial charge < -0.3 is 9.88 Å². The topological polar surface area (TPSA) is 79.0 Å². The lowest BCUT2D eigenvalue weighted by Gasteiger charge is -2.23. The maximum atomic E-state index is 13.3. The maximum Gasteiger partial charge on any atom is 0.258 e. The Kier molecular flexibility index (Phi) is 6.24. The number of amides is 1. The Labute approximate surface area is 191 Å². The molecule has 0 radical (unpaired) electrons. The van der Waals surface area contributed by atoms with Crippen molar-refractivity contribution in [1.29, 1.82) is 0 Å². The lowest BCUT2D eigenvalue weighted by Crippen LogP contribution is -2.34. The minimum Gasteiger partial charge on any atom is -0.335 e. The van der Waals surface area contributed by atoms with Crippen LogP contribution in [0.2, 0.25) is 5.02 Å². The molecule has 0 unspecified atom stereocenters. The molecule has 0 saturated carbocycles. The zero-order chi connectivity index (χ0) is 22.8. The van der Waals surface area contributed by atoms with E-state index in [1.807, 2.05) is 45.0 Å². The number of aromatic amines is 1. The predicted molar refractivity (Wildman–Crippen MR) is 128 cm³/mol. The van der Waals surface area contributed by atoms with E-state index in [4.69, 9.17) is 11.6 Å². The van der Waals surface area contributed by atoms with E-state index in [1.54, 1.807) is 23.1 Å². The van der Waals surface area contributed by atoms with E-state index in [2.05, 4.69) is 15.0 Å². The van der Waals surface area contributed by atoms with Crippen LogP contribution in [0.4, 0.5) is 0 Å². The van der Waals surface area contributed by atoms with E-state index < -0.39 is 0 Å². The minimum absolute atomic E-state index is 0.0241. The quantitative estimate of drug-likeness (QED) is 0.462. The number of carbonyl (C=O) groups excluding carboxylic acids is 1. The molecule has 1 N–H and O–H groups in total. The Balaban J connectivity index is 1.64. The number of rotatable bonds is 6. The Morgan fingerprint density at radius 1 is 1.06 bits per heavy atom. The smallest absolute Gasteiger partial charge is 0.258 e. The van der Waals surface area contributed by atoms with E-state index in [0.29, 0.717) is 28.3 Å². The second-order valence-corrected chi connectivity index (χ2v) is 8.42. The van der Waals surface area contributed by atoms with E-state index in [0.717, 1.165) is 34.1 Å². The van der Waals surface area contributed by atoms with Crippen LogP contribution in [0, 0.1) is 13.8 Å². The summed E-state index contributed by atoms with van der Waals surface area (Å²) in [6, 6.07) is 12.9. The summed E-state index contributed by atoms with van der Waals surface area (Å²) >= 11 is 6.07. The highest BCUT2D eigenvalue weighted by molar-refractivity contribution is 6.31. The molecule has 2 aromatic carbocycles. The number of fused-ring (bicyclic) bond motifs is 2. The van der Waals surface area contributed by atoms with Gasteiger partial charge in [0.15, 0.2) is 0 Å². The Morgan fingerprint density at radius 3 is 2.62 bits per heavy atom. The summed E-state index contributed by atoms with van der Waals surface area (Å²) in [5, 5.41) is 2.04. The van der Waals surface area contributed by atoms with Crippen LogP contribution in [0.25, 0.3) is 21.8 Å². The van der Waals surface area contributed by atoms with Crippen LogP contribution in [-0.4, -0.2) is 32.3 Å². The van der Waals surface area contributed by atoms with Crippen molar-refractivity contribution in [1.82, 2.24) is 19.9 Å². The molecule has 0 bridgehead atoms. The minimum atomic E-state index is -0.240. The number of carbonyl (C=O) groups is 1. The van der Waals surface area contributed by atoms with Crippen molar-refractivity contribution in [3.63, 3.8) is 0 Å². The van der Waals surface area contributed by atoms with Gasteiger partial charge in [0.2, 0.25) is 5.91 Å². The lowest BCUT2D eigenvalue weighted by atomic mass is 9.99. The standard InChI is InChI=1S/C25H25ClN4O2/c1-4-11-30(14-23-28-22-12-17(26)9-10-19(22)25(32)29-23)24(31)13-20-15(2)18-7-5-6-8-21(18)27-16(20)3/h5-10,12H,4,11,13-14H2,1-3H3,(H,28,29,32). The molecule has 0 aliphatic rings. The van der Waals surface area contributed by atoms with Gasteiger partial charge in [0.25, 0.3) is 5.56 Å². The van der Waals surface area contributed by atoms with E-state index >= 15 is 0 Å². The first kappa shape index (κ1) is 22.0. The van der Waals surface area contributed by atoms with Crippen LogP contribution < -0.4 is 5.56 Å². The third-order valence-corrected chi connectivity index (χ3v) is 5.95. The molecule has 2 heterocycles. The van der Waals surface area contributed by atoms with Crippen LogP contribution in [-0.2, 0) is 17.8 Å². The first-order valence-electron chi connectivity index (χ1n) is 10.7. The van der Waals surface area contributed by atoms with Gasteiger partial charge in [0.1, 0.15) is 5.82 Å². The largest absolute Gasteiger partial charge is 0.335 e. The normalized spacial score (nSPS) is 11.2. The van der Waals surface area contributed by atoms with Gasteiger partial charge in [-0.3, -0.25) is 14.6 Å². The lowest BCUT2D eigenvalue weighted by molar-refractivity contribution is -0.131. The second-order valence-electron chi connectivity index (χ2n) is 7.98. The molecular weight excluding hydrogens is 424 g/mol. The summed E-state index contributed by atoms with van der Waals surface area (Å²) in [6.45, 7) is 6.79. The number of hydrogen-bond acceptors (Lipinski definition) is 4. The molecule has 0 atom stereocenters. The van der Waals surface area contributed by atoms with Crippen molar-refractivity contribution in [3.8, 4) is 0 Å². The summed E-state index contributed by atoms with van der Waals surface area (Å²) < 4.78 is 0. The van der Waals surface area contributed by atoms with Gasteiger partial charge >= 0.3 is 0 Å². The molecule has 4 rings (SSSR count).